The van der Waals surface area contributed by atoms with Gasteiger partial charge in [0.2, 0.25) is 10.0 Å². The van der Waals surface area contributed by atoms with Gasteiger partial charge in [0.1, 0.15) is 11.2 Å². The number of ether oxygens (including phenoxy) is 1. The van der Waals surface area contributed by atoms with E-state index < -0.39 is 71.4 Å². The number of amides is 1. The first kappa shape index (κ1) is 19.2. The second kappa shape index (κ2) is 12.3. The van der Waals surface area contributed by atoms with Crippen LogP contribution in [0.1, 0.15) is 57.9 Å². The van der Waals surface area contributed by atoms with E-state index in [1.54, 1.807) is 51.1 Å². The van der Waals surface area contributed by atoms with Crippen LogP contribution in [0.5, 0.6) is 0 Å². The first-order valence-corrected chi connectivity index (χ1v) is 13.3. The Bertz CT molecular complexity index is 1640. The van der Waals surface area contributed by atoms with Gasteiger partial charge in [0.15, 0.2) is 0 Å². The summed E-state index contributed by atoms with van der Waals surface area (Å²) < 4.78 is 113. The zero-order chi connectivity index (χ0) is 35.8. The van der Waals surface area contributed by atoms with E-state index in [9.17, 15) is 18.3 Å². The van der Waals surface area contributed by atoms with Crippen molar-refractivity contribution in [3.63, 3.8) is 0 Å². The van der Waals surface area contributed by atoms with Gasteiger partial charge in [0.25, 0.3) is 0 Å². The first-order chi connectivity index (χ1) is 21.4. The molecule has 3 aromatic rings. The molecule has 4 N–H and O–H groups in total. The van der Waals surface area contributed by atoms with Gasteiger partial charge in [-0.25, -0.2) is 13.2 Å². The normalized spacial score (nSPS) is 18.9. The number of fused-ring (bicyclic) bond motifs is 1. The Balaban J connectivity index is 2.23. The molecule has 38 heavy (non-hydrogen) atoms. The third-order valence-corrected chi connectivity index (χ3v) is 7.16. The van der Waals surface area contributed by atoms with Crippen molar-refractivity contribution in [3.05, 3.63) is 65.9 Å². The van der Waals surface area contributed by atoms with Crippen LogP contribution in [0, 0.1) is 5.89 Å². The fourth-order valence-corrected chi connectivity index (χ4v) is 5.06. The maximum Gasteiger partial charge on any atom is 0.407 e. The van der Waals surface area contributed by atoms with E-state index in [1.807, 2.05) is 0 Å². The van der Waals surface area contributed by atoms with Crippen LogP contribution in [0.4, 0.5) is 4.79 Å². The number of benzene rings is 2. The van der Waals surface area contributed by atoms with E-state index >= 15 is 0 Å². The molecule has 2 aromatic carbocycles. The van der Waals surface area contributed by atoms with Crippen LogP contribution in [-0.2, 0) is 27.7 Å². The summed E-state index contributed by atoms with van der Waals surface area (Å²) in [5.74, 6) is -4.06. The van der Waals surface area contributed by atoms with Gasteiger partial charge in [-0.05, 0) is 56.8 Å². The average Bonchev–Trinajstić information content (AvgIpc) is 3.35. The average molecular weight is 555 g/mol. The highest BCUT2D eigenvalue weighted by atomic mass is 32.2. The molecule has 0 spiro atoms. The van der Waals surface area contributed by atoms with Gasteiger partial charge < -0.3 is 25.3 Å². The number of alkyl carbamates (subject to hydrolysis) is 1. The Labute approximate surface area is 237 Å². The molecule has 0 radical (unpaired) electrons. The zero-order valence-corrected chi connectivity index (χ0v) is 22.2. The molecule has 1 heterocycles. The monoisotopic (exact) mass is 554 g/mol. The van der Waals surface area contributed by atoms with Crippen molar-refractivity contribution in [2.24, 2.45) is 11.6 Å². The summed E-state index contributed by atoms with van der Waals surface area (Å²) in [5.41, 5.74) is 5.93. The van der Waals surface area contributed by atoms with Crippen molar-refractivity contribution in [1.29, 1.82) is 0 Å². The minimum Gasteiger partial charge on any atom is -0.464 e. The van der Waals surface area contributed by atoms with Crippen molar-refractivity contribution in [3.8, 4) is 0 Å². The highest BCUT2D eigenvalue weighted by Gasteiger charge is 2.32. The van der Waals surface area contributed by atoms with Gasteiger partial charge in [0, 0.05) is 42.9 Å². The van der Waals surface area contributed by atoms with E-state index in [1.165, 1.54) is 12.3 Å². The second-order valence-electron chi connectivity index (χ2n) is 9.66. The van der Waals surface area contributed by atoms with Crippen LogP contribution in [0.25, 0.3) is 11.0 Å². The number of rotatable bonds is 11. The fourth-order valence-electron chi connectivity index (χ4n) is 3.74. The van der Waals surface area contributed by atoms with Crippen molar-refractivity contribution in [1.82, 2.24) is 9.62 Å². The maximum absolute atomic E-state index is 14.3. The topological polar surface area (TPSA) is 135 Å². The molecular weight excluding hydrogens is 506 g/mol. The summed E-state index contributed by atoms with van der Waals surface area (Å²) in [4.78, 5) is 12.2. The lowest BCUT2D eigenvalue weighted by molar-refractivity contribution is 0.0400. The lowest BCUT2D eigenvalue weighted by Crippen LogP contribution is -2.51. The van der Waals surface area contributed by atoms with Gasteiger partial charge in [-0.15, -0.1) is 0 Å². The fraction of sp³-hybridized carbons (Fsp3) is 0.464. The molecule has 0 aliphatic heterocycles. The number of nitrogens with zero attached hydrogens (tertiary/aromatic N) is 1. The molecular formula is C28H39N3O6S. The van der Waals surface area contributed by atoms with Crippen LogP contribution in [0.15, 0.2) is 64.1 Å². The van der Waals surface area contributed by atoms with E-state index in [4.69, 9.17) is 27.2 Å². The van der Waals surface area contributed by atoms with Gasteiger partial charge >= 0.3 is 6.09 Å². The van der Waals surface area contributed by atoms with Gasteiger partial charge in [-0.1, -0.05) is 44.0 Å². The van der Waals surface area contributed by atoms with Gasteiger partial charge in [-0.3, -0.25) is 0 Å². The molecule has 0 fully saturated rings. The molecule has 3 rings (SSSR count). The van der Waals surface area contributed by atoms with Crippen LogP contribution < -0.4 is 11.1 Å². The molecule has 10 heteroatoms. The third kappa shape index (κ3) is 7.80. The minimum atomic E-state index is -5.26. The van der Waals surface area contributed by atoms with Crippen LogP contribution >= 0.6 is 0 Å². The van der Waals surface area contributed by atoms with E-state index in [0.29, 0.717) is 11.1 Å². The Kier molecular flexibility index (Phi) is 6.21. The summed E-state index contributed by atoms with van der Waals surface area (Å²) in [5, 5.41) is 14.2. The quantitative estimate of drug-likeness (QED) is 0.326. The van der Waals surface area contributed by atoms with Crippen LogP contribution in [-0.4, -0.2) is 54.7 Å². The zero-order valence-electron chi connectivity index (χ0n) is 30.4. The highest BCUT2D eigenvalue weighted by Crippen LogP contribution is 2.27. The molecule has 1 amide bonds. The van der Waals surface area contributed by atoms with E-state index in [2.05, 4.69) is 5.32 Å². The largest absolute Gasteiger partial charge is 0.464 e. The van der Waals surface area contributed by atoms with Gasteiger partial charge in [-0.2, -0.15) is 4.31 Å². The van der Waals surface area contributed by atoms with Crippen molar-refractivity contribution < 1.29 is 39.8 Å². The minimum absolute atomic E-state index is 0.0643. The number of carbonyl (C=O) groups excluding carboxylic acids is 1. The Hall–Kier alpha value is -2.92. The summed E-state index contributed by atoms with van der Waals surface area (Å²) in [6, 6.07) is 10.3. The van der Waals surface area contributed by atoms with Crippen molar-refractivity contribution in [2.45, 2.75) is 70.1 Å². The van der Waals surface area contributed by atoms with E-state index in [-0.39, 0.29) is 28.2 Å². The standard InChI is InChI=1S/C28H39N3O6S/c1-19(2)16-31(38(34,35)22-11-12-26-23(14-22)21(15-29)18-36-26)17-25(32)24(13-20-9-7-6-8-10-20)30-27(33)37-28(3,4)5/h6-12,14,18-19,24-25,32H,13,15-17,29H2,1-5H3,(H,30,33)/t24-,25+/m0/s1/i1D3,2D3,16D2,19D. The number of nitrogens with one attached hydrogen (secondary N) is 1. The number of hydrogen-bond donors (Lipinski definition) is 3. The smallest absolute Gasteiger partial charge is 0.407 e. The number of furan rings is 1. The summed E-state index contributed by atoms with van der Waals surface area (Å²) in [6.07, 6.45) is -1.85. The van der Waals surface area contributed by atoms with Gasteiger partial charge in [0.05, 0.1) is 23.3 Å². The molecule has 0 unspecified atom stereocenters. The van der Waals surface area contributed by atoms with Crippen molar-refractivity contribution in [2.75, 3.05) is 13.0 Å². The molecule has 9 nitrogen and oxygen atoms in total. The van der Waals surface area contributed by atoms with Crippen LogP contribution in [0.2, 0.25) is 0 Å². The SMILES string of the molecule is [2H]C([2H])([2H])C([2H])(C([2H])([2H])[2H])C([2H])([2H])N(C[C@@H](O)[C@H](Cc1ccccc1)NC(=O)OC(C)(C)C)S(=O)(=O)c1ccc2occ(CN)c2c1. The number of aliphatic hydroxyl groups is 1. The molecule has 0 saturated heterocycles. The van der Waals surface area contributed by atoms with E-state index in [0.717, 1.165) is 12.1 Å². The molecule has 208 valence electrons. The number of nitrogens with two attached hydrogens (primary N) is 1. The third-order valence-electron chi connectivity index (χ3n) is 5.49. The molecule has 0 aliphatic rings. The Morgan fingerprint density at radius 3 is 2.61 bits per heavy atom. The lowest BCUT2D eigenvalue weighted by atomic mass is 10.0. The lowest BCUT2D eigenvalue weighted by Gasteiger charge is -2.31. The number of aliphatic hydroxyl groups excluding tert-OH is 1. The maximum atomic E-state index is 14.3. The molecule has 0 saturated carbocycles. The Morgan fingerprint density at radius 1 is 1.26 bits per heavy atom. The molecule has 1 aromatic heterocycles. The number of sulfonamides is 1. The molecule has 0 aliphatic carbocycles. The van der Waals surface area contributed by atoms with Crippen molar-refractivity contribution >= 4 is 27.1 Å². The highest BCUT2D eigenvalue weighted by molar-refractivity contribution is 7.89. The predicted molar refractivity (Wildman–Crippen MR) is 147 cm³/mol. The number of carbonyl (C=O) groups is 1. The second-order valence-corrected chi connectivity index (χ2v) is 11.5. The number of hydrogen-bond acceptors (Lipinski definition) is 7. The summed E-state index contributed by atoms with van der Waals surface area (Å²) in [6.45, 7) is -8.42. The predicted octanol–water partition coefficient (Wildman–Crippen LogP) is 4.04. The Morgan fingerprint density at radius 2 is 1.97 bits per heavy atom. The summed E-state index contributed by atoms with van der Waals surface area (Å²) in [7, 11) is -5.26. The molecule has 0 bridgehead atoms. The van der Waals surface area contributed by atoms with Crippen LogP contribution in [0.3, 0.4) is 0 Å². The summed E-state index contributed by atoms with van der Waals surface area (Å²) >= 11 is 0. The first-order valence-electron chi connectivity index (χ1n) is 16.3. The molecule has 2 atom stereocenters.